The number of rotatable bonds is 6. The van der Waals surface area contributed by atoms with Crippen LogP contribution in [0.2, 0.25) is 0 Å². The van der Waals surface area contributed by atoms with Crippen LogP contribution in [0.5, 0.6) is 0 Å². The van der Waals surface area contributed by atoms with Crippen LogP contribution in [-0.4, -0.2) is 45.2 Å². The Morgan fingerprint density at radius 1 is 1.35 bits per heavy atom. The van der Waals surface area contributed by atoms with Crippen LogP contribution in [0, 0.1) is 6.92 Å². The first-order valence-electron chi connectivity index (χ1n) is 8.51. The number of carbonyl (C=O) groups is 3. The zero-order valence-electron chi connectivity index (χ0n) is 14.5. The summed E-state index contributed by atoms with van der Waals surface area (Å²) in [4.78, 5) is 42.5. The van der Waals surface area contributed by atoms with E-state index in [9.17, 15) is 14.4 Å². The lowest BCUT2D eigenvalue weighted by atomic mass is 10.1. The van der Waals surface area contributed by atoms with Crippen molar-refractivity contribution in [2.75, 3.05) is 11.9 Å². The number of nitrogens with zero attached hydrogens (tertiary/aromatic N) is 3. The molecule has 0 spiro atoms. The number of amides is 2. The van der Waals surface area contributed by atoms with Crippen molar-refractivity contribution in [2.24, 2.45) is 0 Å². The molecule has 0 bridgehead atoms. The summed E-state index contributed by atoms with van der Waals surface area (Å²) in [6.07, 6.45) is 4.58. The quantitative estimate of drug-likeness (QED) is 0.793. The van der Waals surface area contributed by atoms with Gasteiger partial charge in [-0.1, -0.05) is 5.16 Å². The molecule has 1 aliphatic rings. The number of carbonyl (C=O) groups excluding carboxylic acids is 3. The molecule has 26 heavy (non-hydrogen) atoms. The molecule has 1 fully saturated rings. The van der Waals surface area contributed by atoms with Crippen molar-refractivity contribution in [3.8, 4) is 0 Å². The standard InChI is InChI=1S/C18H20N4O4/c1-12-10-16(21-26-12)20-18(25)14-5-3-9-22(14)17(24)7-6-15(23)13-4-2-8-19-11-13/h2,4,8,10-11,14H,3,5-7,9H2,1H3,(H,20,21,25). The Balaban J connectivity index is 1.56. The highest BCUT2D eigenvalue weighted by Crippen LogP contribution is 2.21. The van der Waals surface area contributed by atoms with Gasteiger partial charge in [0.1, 0.15) is 11.8 Å². The first-order valence-corrected chi connectivity index (χ1v) is 8.51. The third-order valence-corrected chi connectivity index (χ3v) is 4.30. The van der Waals surface area contributed by atoms with Crippen LogP contribution in [0.4, 0.5) is 5.82 Å². The van der Waals surface area contributed by atoms with Crippen molar-refractivity contribution in [1.82, 2.24) is 15.0 Å². The minimum Gasteiger partial charge on any atom is -0.360 e. The highest BCUT2D eigenvalue weighted by Gasteiger charge is 2.34. The molecule has 1 aliphatic heterocycles. The number of ketones is 1. The summed E-state index contributed by atoms with van der Waals surface area (Å²) in [5, 5.41) is 6.40. The molecule has 136 valence electrons. The second-order valence-corrected chi connectivity index (χ2v) is 6.22. The Hall–Kier alpha value is -3.03. The van der Waals surface area contributed by atoms with Crippen LogP contribution < -0.4 is 5.32 Å². The fourth-order valence-electron chi connectivity index (χ4n) is 3.01. The van der Waals surface area contributed by atoms with E-state index in [1.165, 1.54) is 6.20 Å². The van der Waals surface area contributed by atoms with Crippen LogP contribution in [0.3, 0.4) is 0 Å². The molecule has 8 nitrogen and oxygen atoms in total. The van der Waals surface area contributed by atoms with E-state index in [-0.39, 0.29) is 30.4 Å². The summed E-state index contributed by atoms with van der Waals surface area (Å²) in [6, 6.07) is 4.42. The molecule has 8 heteroatoms. The molecule has 1 unspecified atom stereocenters. The van der Waals surface area contributed by atoms with Crippen LogP contribution >= 0.6 is 0 Å². The zero-order valence-corrected chi connectivity index (χ0v) is 14.5. The Kier molecular flexibility index (Phi) is 5.40. The summed E-state index contributed by atoms with van der Waals surface area (Å²) < 4.78 is 4.92. The van der Waals surface area contributed by atoms with E-state index >= 15 is 0 Å². The molecule has 3 rings (SSSR count). The van der Waals surface area contributed by atoms with Crippen LogP contribution in [0.25, 0.3) is 0 Å². The molecule has 0 radical (unpaired) electrons. The molecular weight excluding hydrogens is 336 g/mol. The van der Waals surface area contributed by atoms with Gasteiger partial charge in [0.2, 0.25) is 11.8 Å². The maximum atomic E-state index is 12.5. The van der Waals surface area contributed by atoms with Crippen molar-refractivity contribution < 1.29 is 18.9 Å². The Labute approximate surface area is 150 Å². The number of aryl methyl sites for hydroxylation is 1. The lowest BCUT2D eigenvalue weighted by Crippen LogP contribution is -2.43. The van der Waals surface area contributed by atoms with Crippen molar-refractivity contribution in [3.05, 3.63) is 41.9 Å². The topological polar surface area (TPSA) is 105 Å². The van der Waals surface area contributed by atoms with E-state index in [2.05, 4.69) is 15.5 Å². The van der Waals surface area contributed by atoms with Gasteiger partial charge < -0.3 is 14.7 Å². The fourth-order valence-corrected chi connectivity index (χ4v) is 3.01. The summed E-state index contributed by atoms with van der Waals surface area (Å²) in [6.45, 7) is 2.24. The summed E-state index contributed by atoms with van der Waals surface area (Å²) >= 11 is 0. The Bertz CT molecular complexity index is 803. The molecule has 3 heterocycles. The number of likely N-dealkylation sites (tertiary alicyclic amines) is 1. The maximum Gasteiger partial charge on any atom is 0.248 e. The Morgan fingerprint density at radius 2 is 2.19 bits per heavy atom. The van der Waals surface area contributed by atoms with Crippen molar-refractivity contribution in [3.63, 3.8) is 0 Å². The molecule has 1 N–H and O–H groups in total. The maximum absolute atomic E-state index is 12.5. The van der Waals surface area contributed by atoms with E-state index in [0.29, 0.717) is 30.1 Å². The molecular formula is C18H20N4O4. The minimum atomic E-state index is -0.548. The number of anilines is 1. The van der Waals surface area contributed by atoms with E-state index in [0.717, 1.165) is 6.42 Å². The van der Waals surface area contributed by atoms with Crippen LogP contribution in [-0.2, 0) is 9.59 Å². The average molecular weight is 356 g/mol. The lowest BCUT2D eigenvalue weighted by Gasteiger charge is -2.23. The van der Waals surface area contributed by atoms with Gasteiger partial charge in [0.25, 0.3) is 0 Å². The molecule has 2 amide bonds. The SMILES string of the molecule is Cc1cc(NC(=O)C2CCCN2C(=O)CCC(=O)c2cccnc2)no1. The predicted octanol–water partition coefficient (Wildman–Crippen LogP) is 1.97. The van der Waals surface area contributed by atoms with Gasteiger partial charge >= 0.3 is 0 Å². The summed E-state index contributed by atoms with van der Waals surface area (Å²) in [7, 11) is 0. The van der Waals surface area contributed by atoms with Gasteiger partial charge in [-0.25, -0.2) is 0 Å². The van der Waals surface area contributed by atoms with E-state index in [1.807, 2.05) is 0 Å². The molecule has 0 aromatic carbocycles. The smallest absolute Gasteiger partial charge is 0.248 e. The lowest BCUT2D eigenvalue weighted by molar-refractivity contribution is -0.136. The number of hydrogen-bond donors (Lipinski definition) is 1. The number of pyridine rings is 1. The van der Waals surface area contributed by atoms with Crippen molar-refractivity contribution in [1.29, 1.82) is 0 Å². The number of aromatic nitrogens is 2. The fraction of sp³-hybridized carbons (Fsp3) is 0.389. The normalized spacial score (nSPS) is 16.5. The zero-order chi connectivity index (χ0) is 18.5. The largest absolute Gasteiger partial charge is 0.360 e. The van der Waals surface area contributed by atoms with Gasteiger partial charge in [-0.15, -0.1) is 0 Å². The van der Waals surface area contributed by atoms with Gasteiger partial charge in [0.05, 0.1) is 0 Å². The first-order chi connectivity index (χ1) is 12.5. The predicted molar refractivity (Wildman–Crippen MR) is 92.4 cm³/mol. The summed E-state index contributed by atoms with van der Waals surface area (Å²) in [5.41, 5.74) is 0.484. The second-order valence-electron chi connectivity index (χ2n) is 6.22. The van der Waals surface area contributed by atoms with Gasteiger partial charge in [-0.2, -0.15) is 0 Å². The van der Waals surface area contributed by atoms with E-state index in [4.69, 9.17) is 4.52 Å². The van der Waals surface area contributed by atoms with Crippen molar-refractivity contribution in [2.45, 2.75) is 38.6 Å². The van der Waals surface area contributed by atoms with Gasteiger partial charge in [-0.05, 0) is 31.9 Å². The highest BCUT2D eigenvalue weighted by molar-refractivity contribution is 5.99. The van der Waals surface area contributed by atoms with Gasteiger partial charge in [0.15, 0.2) is 11.6 Å². The van der Waals surface area contributed by atoms with Gasteiger partial charge in [0, 0.05) is 43.4 Å². The van der Waals surface area contributed by atoms with Gasteiger partial charge in [-0.3, -0.25) is 19.4 Å². The highest BCUT2D eigenvalue weighted by atomic mass is 16.5. The molecule has 0 saturated carbocycles. The number of Topliss-reactive ketones (excluding diaryl/α,β-unsaturated/α-hetero) is 1. The van der Waals surface area contributed by atoms with Crippen LogP contribution in [0.1, 0.15) is 41.8 Å². The minimum absolute atomic E-state index is 0.0700. The molecule has 2 aromatic rings. The second kappa shape index (κ2) is 7.90. The summed E-state index contributed by atoms with van der Waals surface area (Å²) in [5.74, 6) is 0.302. The van der Waals surface area contributed by atoms with Crippen molar-refractivity contribution >= 4 is 23.4 Å². The van der Waals surface area contributed by atoms with Crippen LogP contribution in [0.15, 0.2) is 35.1 Å². The van der Waals surface area contributed by atoms with E-state index in [1.54, 1.807) is 36.2 Å². The molecule has 0 aliphatic carbocycles. The number of nitrogens with one attached hydrogen (secondary N) is 1. The van der Waals surface area contributed by atoms with E-state index < -0.39 is 6.04 Å². The third-order valence-electron chi connectivity index (χ3n) is 4.30. The first kappa shape index (κ1) is 17.8. The molecule has 1 atom stereocenters. The Morgan fingerprint density at radius 3 is 2.88 bits per heavy atom. The average Bonchev–Trinajstić information content (AvgIpc) is 3.29. The molecule has 1 saturated heterocycles. The number of hydrogen-bond acceptors (Lipinski definition) is 6. The third kappa shape index (κ3) is 4.14. The molecule has 2 aromatic heterocycles. The monoisotopic (exact) mass is 356 g/mol.